The molecule has 0 heterocycles. The van der Waals surface area contributed by atoms with Crippen LogP contribution in [0.2, 0.25) is 0 Å². The summed E-state index contributed by atoms with van der Waals surface area (Å²) >= 11 is 0. The second kappa shape index (κ2) is 13.7. The first-order valence-electron chi connectivity index (χ1n) is 14.8. The van der Waals surface area contributed by atoms with Crippen molar-refractivity contribution in [2.24, 2.45) is 0 Å². The Hall–Kier alpha value is -4.13. The van der Waals surface area contributed by atoms with Crippen molar-refractivity contribution in [2.75, 3.05) is 0 Å². The lowest BCUT2D eigenvalue weighted by Gasteiger charge is -2.44. The summed E-state index contributed by atoms with van der Waals surface area (Å²) < 4.78 is 5.55. The number of nitrogens with one attached hydrogen (secondary N) is 2. The topological polar surface area (TPSA) is 87.7 Å². The van der Waals surface area contributed by atoms with E-state index in [0.717, 1.165) is 47.1 Å². The fourth-order valence-electron chi connectivity index (χ4n) is 5.23. The summed E-state index contributed by atoms with van der Waals surface area (Å²) in [6.45, 7) is 9.71. The van der Waals surface area contributed by atoms with Crippen LogP contribution in [0.25, 0.3) is 0 Å². The first kappa shape index (κ1) is 30.8. The lowest BCUT2D eigenvalue weighted by molar-refractivity contribution is -0.147. The molecule has 0 aromatic heterocycles. The number of carbonyl (C=O) groups is 3. The Kier molecular flexibility index (Phi) is 10.0. The molecule has 4 rings (SSSR count). The molecule has 0 radical (unpaired) electrons. The van der Waals surface area contributed by atoms with Crippen molar-refractivity contribution in [3.05, 3.63) is 107 Å². The van der Waals surface area contributed by atoms with Crippen LogP contribution in [0.4, 0.5) is 4.79 Å². The summed E-state index contributed by atoms with van der Waals surface area (Å²) in [5.41, 5.74) is 3.95. The van der Waals surface area contributed by atoms with Gasteiger partial charge in [-0.2, -0.15) is 0 Å². The number of aryl methyl sites for hydroxylation is 1. The van der Waals surface area contributed by atoms with Crippen LogP contribution in [0.3, 0.4) is 0 Å². The van der Waals surface area contributed by atoms with Gasteiger partial charge in [0.15, 0.2) is 0 Å². The third-order valence-electron chi connectivity index (χ3n) is 7.77. The van der Waals surface area contributed by atoms with Gasteiger partial charge in [0, 0.05) is 19.0 Å². The van der Waals surface area contributed by atoms with Gasteiger partial charge in [-0.15, -0.1) is 0 Å². The molecule has 0 aliphatic heterocycles. The number of benzene rings is 3. The summed E-state index contributed by atoms with van der Waals surface area (Å²) in [7, 11) is 0. The molecule has 1 aliphatic rings. The van der Waals surface area contributed by atoms with Gasteiger partial charge >= 0.3 is 6.09 Å². The smallest absolute Gasteiger partial charge is 0.408 e. The van der Waals surface area contributed by atoms with E-state index in [-0.39, 0.29) is 24.3 Å². The van der Waals surface area contributed by atoms with Gasteiger partial charge < -0.3 is 20.3 Å². The van der Waals surface area contributed by atoms with Crippen molar-refractivity contribution in [2.45, 2.75) is 90.6 Å². The van der Waals surface area contributed by atoms with Crippen molar-refractivity contribution in [3.63, 3.8) is 0 Å². The van der Waals surface area contributed by atoms with Crippen LogP contribution in [0.1, 0.15) is 73.9 Å². The van der Waals surface area contributed by atoms with Crippen LogP contribution in [0.5, 0.6) is 0 Å². The van der Waals surface area contributed by atoms with Gasteiger partial charge in [0.1, 0.15) is 17.7 Å². The van der Waals surface area contributed by atoms with E-state index < -0.39 is 23.8 Å². The number of hydrogen-bond donors (Lipinski definition) is 2. The molecule has 2 atom stereocenters. The highest BCUT2D eigenvalue weighted by atomic mass is 16.6. The highest BCUT2D eigenvalue weighted by molar-refractivity contribution is 5.93. The Bertz CT molecular complexity index is 1360. The van der Waals surface area contributed by atoms with Crippen LogP contribution in [0, 0.1) is 13.8 Å². The van der Waals surface area contributed by atoms with E-state index in [1.165, 1.54) is 0 Å². The summed E-state index contributed by atoms with van der Waals surface area (Å²) in [5.74, 6) is -0.543. The van der Waals surface area contributed by atoms with Gasteiger partial charge in [-0.05, 0) is 81.7 Å². The first-order chi connectivity index (χ1) is 20.0. The van der Waals surface area contributed by atoms with E-state index in [0.29, 0.717) is 6.54 Å². The molecule has 2 N–H and O–H groups in total. The molecule has 7 heteroatoms. The highest BCUT2D eigenvalue weighted by Gasteiger charge is 2.42. The Labute approximate surface area is 249 Å². The van der Waals surface area contributed by atoms with E-state index in [1.54, 1.807) is 25.7 Å². The normalized spacial score (nSPS) is 14.7. The molecule has 0 bridgehead atoms. The fourth-order valence-corrected chi connectivity index (χ4v) is 5.23. The summed E-state index contributed by atoms with van der Waals surface area (Å²) in [6.07, 6.45) is 2.17. The molecule has 2 unspecified atom stereocenters. The SMILES string of the molecule is Cc1cccc(C(C(=O)NCc2ccccc2)N(C(=O)C(Cc2ccccc2)NC(=O)OC(C)(C)C)C2CCC2)c1C. The van der Waals surface area contributed by atoms with Gasteiger partial charge in [-0.25, -0.2) is 4.79 Å². The van der Waals surface area contributed by atoms with Crippen LogP contribution in [-0.2, 0) is 27.3 Å². The average molecular weight is 570 g/mol. The number of carbonyl (C=O) groups excluding carboxylic acids is 3. The van der Waals surface area contributed by atoms with E-state index in [2.05, 4.69) is 10.6 Å². The van der Waals surface area contributed by atoms with Crippen LogP contribution in [0.15, 0.2) is 78.9 Å². The number of amides is 3. The van der Waals surface area contributed by atoms with Gasteiger partial charge in [-0.3, -0.25) is 9.59 Å². The number of alkyl carbamates (subject to hydrolysis) is 1. The Morgan fingerprint density at radius 1 is 0.881 bits per heavy atom. The van der Waals surface area contributed by atoms with Crippen molar-refractivity contribution in [1.29, 1.82) is 0 Å². The van der Waals surface area contributed by atoms with Gasteiger partial charge in [0.25, 0.3) is 0 Å². The van der Waals surface area contributed by atoms with Crippen LogP contribution >= 0.6 is 0 Å². The molecular weight excluding hydrogens is 526 g/mol. The Balaban J connectivity index is 1.73. The summed E-state index contributed by atoms with van der Waals surface area (Å²) in [5, 5.41) is 5.95. The first-order valence-corrected chi connectivity index (χ1v) is 14.8. The van der Waals surface area contributed by atoms with E-state index in [4.69, 9.17) is 4.74 Å². The minimum absolute atomic E-state index is 0.122. The molecule has 3 amide bonds. The summed E-state index contributed by atoms with van der Waals surface area (Å²) in [4.78, 5) is 43.5. The van der Waals surface area contributed by atoms with Crippen molar-refractivity contribution in [1.82, 2.24) is 15.5 Å². The molecule has 42 heavy (non-hydrogen) atoms. The Morgan fingerprint density at radius 3 is 2.07 bits per heavy atom. The zero-order valence-corrected chi connectivity index (χ0v) is 25.4. The zero-order valence-electron chi connectivity index (χ0n) is 25.4. The maximum atomic E-state index is 14.6. The highest BCUT2D eigenvalue weighted by Crippen LogP contribution is 2.35. The molecule has 3 aromatic carbocycles. The van der Waals surface area contributed by atoms with E-state index in [1.807, 2.05) is 92.7 Å². The summed E-state index contributed by atoms with van der Waals surface area (Å²) in [6, 6.07) is 23.3. The lowest BCUT2D eigenvalue weighted by Crippen LogP contribution is -2.58. The van der Waals surface area contributed by atoms with Crippen molar-refractivity contribution in [3.8, 4) is 0 Å². The number of rotatable bonds is 10. The van der Waals surface area contributed by atoms with E-state index >= 15 is 0 Å². The van der Waals surface area contributed by atoms with Gasteiger partial charge in [-0.1, -0.05) is 78.9 Å². The van der Waals surface area contributed by atoms with E-state index in [9.17, 15) is 14.4 Å². The fraction of sp³-hybridized carbons (Fsp3) is 0.400. The average Bonchev–Trinajstić information content (AvgIpc) is 2.92. The molecule has 0 saturated heterocycles. The maximum Gasteiger partial charge on any atom is 0.408 e. The molecule has 3 aromatic rings. The number of ether oxygens (including phenoxy) is 1. The number of hydrogen-bond acceptors (Lipinski definition) is 4. The molecule has 1 aliphatic carbocycles. The largest absolute Gasteiger partial charge is 0.444 e. The predicted octanol–water partition coefficient (Wildman–Crippen LogP) is 6.18. The van der Waals surface area contributed by atoms with Crippen LogP contribution in [-0.4, -0.2) is 40.5 Å². The molecule has 222 valence electrons. The second-order valence-corrected chi connectivity index (χ2v) is 12.1. The second-order valence-electron chi connectivity index (χ2n) is 12.1. The molecular formula is C35H43N3O4. The third-order valence-corrected chi connectivity index (χ3v) is 7.77. The third kappa shape index (κ3) is 7.99. The predicted molar refractivity (Wildman–Crippen MR) is 165 cm³/mol. The molecule has 7 nitrogen and oxygen atoms in total. The molecule has 0 spiro atoms. The number of nitrogens with zero attached hydrogens (tertiary/aromatic N) is 1. The van der Waals surface area contributed by atoms with Gasteiger partial charge in [0.05, 0.1) is 0 Å². The minimum Gasteiger partial charge on any atom is -0.444 e. The zero-order chi connectivity index (χ0) is 30.3. The van der Waals surface area contributed by atoms with Crippen molar-refractivity contribution >= 4 is 17.9 Å². The Morgan fingerprint density at radius 2 is 1.50 bits per heavy atom. The maximum absolute atomic E-state index is 14.6. The molecule has 1 fully saturated rings. The minimum atomic E-state index is -0.919. The quantitative estimate of drug-likeness (QED) is 0.305. The monoisotopic (exact) mass is 569 g/mol. The van der Waals surface area contributed by atoms with Gasteiger partial charge in [0.2, 0.25) is 11.8 Å². The van der Waals surface area contributed by atoms with Crippen LogP contribution < -0.4 is 10.6 Å². The van der Waals surface area contributed by atoms with Crippen molar-refractivity contribution < 1.29 is 19.1 Å². The lowest BCUT2D eigenvalue weighted by atomic mass is 9.86. The standard InChI is InChI=1S/C35H43N3O4/c1-24-14-12-21-29(25(24)2)31(32(39)36-23-27-17-10-7-11-18-27)38(28-19-13-20-28)33(40)30(22-26-15-8-6-9-16-26)37-34(41)42-35(3,4)5/h6-12,14-18,21,28,30-31H,13,19-20,22-23H2,1-5H3,(H,36,39)(H,37,41). The molecule has 1 saturated carbocycles.